The van der Waals surface area contributed by atoms with Crippen LogP contribution in [0, 0.1) is 17.7 Å². The summed E-state index contributed by atoms with van der Waals surface area (Å²) in [7, 11) is 0. The molecule has 16 heavy (non-hydrogen) atoms. The molecule has 3 nitrogen and oxygen atoms in total. The first-order valence-corrected chi connectivity index (χ1v) is 5.44. The molecule has 2 rings (SSSR count). The largest absolute Gasteiger partial charge is 0.326 e. The van der Waals surface area contributed by atoms with Gasteiger partial charge in [-0.15, -0.1) is 0 Å². The molecule has 1 heterocycles. The molecular weight excluding hydrogens is 207 g/mol. The summed E-state index contributed by atoms with van der Waals surface area (Å²) in [6.07, 6.45) is 0. The third-order valence-corrected chi connectivity index (χ3v) is 2.97. The second-order valence-electron chi connectivity index (χ2n) is 4.24. The van der Waals surface area contributed by atoms with Gasteiger partial charge in [-0.3, -0.25) is 4.79 Å². The number of carbonyl (C=O) groups excluding carboxylic acids is 1. The van der Waals surface area contributed by atoms with E-state index >= 15 is 0 Å². The molecule has 86 valence electrons. The van der Waals surface area contributed by atoms with Gasteiger partial charge in [-0.25, -0.2) is 4.39 Å². The first-order chi connectivity index (χ1) is 7.66. The molecule has 0 radical (unpaired) electrons. The van der Waals surface area contributed by atoms with Crippen molar-refractivity contribution in [3.63, 3.8) is 0 Å². The van der Waals surface area contributed by atoms with Crippen LogP contribution in [0.4, 0.5) is 10.1 Å². The van der Waals surface area contributed by atoms with Gasteiger partial charge in [0.1, 0.15) is 5.82 Å². The van der Waals surface area contributed by atoms with Crippen molar-refractivity contribution < 1.29 is 9.18 Å². The molecule has 0 saturated carbocycles. The van der Waals surface area contributed by atoms with E-state index in [0.717, 1.165) is 6.54 Å². The lowest BCUT2D eigenvalue weighted by Crippen LogP contribution is -2.27. The fourth-order valence-electron chi connectivity index (χ4n) is 1.93. The first kappa shape index (κ1) is 11.1. The van der Waals surface area contributed by atoms with Crippen LogP contribution in [-0.4, -0.2) is 19.0 Å². The van der Waals surface area contributed by atoms with Crippen LogP contribution in [0.25, 0.3) is 0 Å². The van der Waals surface area contributed by atoms with Crippen LogP contribution in [0.15, 0.2) is 24.3 Å². The molecule has 0 aliphatic carbocycles. The van der Waals surface area contributed by atoms with Gasteiger partial charge in [0.2, 0.25) is 5.91 Å². The van der Waals surface area contributed by atoms with Gasteiger partial charge in [-0.1, -0.05) is 6.92 Å². The van der Waals surface area contributed by atoms with E-state index in [2.05, 4.69) is 17.6 Å². The van der Waals surface area contributed by atoms with E-state index in [1.54, 1.807) is 12.1 Å². The fraction of sp³-hybridized carbons (Fsp3) is 0.417. The van der Waals surface area contributed by atoms with Gasteiger partial charge in [-0.05, 0) is 36.7 Å². The summed E-state index contributed by atoms with van der Waals surface area (Å²) < 4.78 is 12.7. The standard InChI is InChI=1S/C12H15FN2O/c1-8-6-14-7-11(8)12(16)15-10-4-2-9(13)3-5-10/h2-5,8,11,14H,6-7H2,1H3,(H,15,16). The van der Waals surface area contributed by atoms with E-state index in [-0.39, 0.29) is 17.6 Å². The molecule has 1 aliphatic heterocycles. The topological polar surface area (TPSA) is 41.1 Å². The zero-order chi connectivity index (χ0) is 11.5. The Morgan fingerprint density at radius 1 is 1.38 bits per heavy atom. The number of hydrogen-bond acceptors (Lipinski definition) is 2. The summed E-state index contributed by atoms with van der Waals surface area (Å²) in [4.78, 5) is 11.9. The van der Waals surface area contributed by atoms with Crippen molar-refractivity contribution in [1.29, 1.82) is 0 Å². The lowest BCUT2D eigenvalue weighted by atomic mass is 9.97. The van der Waals surface area contributed by atoms with Crippen LogP contribution in [0.3, 0.4) is 0 Å². The van der Waals surface area contributed by atoms with Gasteiger partial charge in [0, 0.05) is 12.2 Å². The van der Waals surface area contributed by atoms with Crippen molar-refractivity contribution in [2.24, 2.45) is 11.8 Å². The predicted octanol–water partition coefficient (Wildman–Crippen LogP) is 1.62. The first-order valence-electron chi connectivity index (χ1n) is 5.44. The highest BCUT2D eigenvalue weighted by Gasteiger charge is 2.29. The molecule has 0 spiro atoms. The minimum Gasteiger partial charge on any atom is -0.326 e. The number of carbonyl (C=O) groups is 1. The van der Waals surface area contributed by atoms with Crippen molar-refractivity contribution in [1.82, 2.24) is 5.32 Å². The number of benzene rings is 1. The molecule has 0 bridgehead atoms. The van der Waals surface area contributed by atoms with Crippen molar-refractivity contribution in [3.8, 4) is 0 Å². The summed E-state index contributed by atoms with van der Waals surface area (Å²) >= 11 is 0. The Balaban J connectivity index is 1.99. The molecule has 1 amide bonds. The third kappa shape index (κ3) is 2.39. The van der Waals surface area contributed by atoms with Gasteiger partial charge < -0.3 is 10.6 Å². The molecular formula is C12H15FN2O. The third-order valence-electron chi connectivity index (χ3n) is 2.97. The van der Waals surface area contributed by atoms with Gasteiger partial charge in [0.15, 0.2) is 0 Å². The quantitative estimate of drug-likeness (QED) is 0.798. The van der Waals surface area contributed by atoms with Gasteiger partial charge in [-0.2, -0.15) is 0 Å². The molecule has 2 unspecified atom stereocenters. The molecule has 1 saturated heterocycles. The maximum Gasteiger partial charge on any atom is 0.229 e. The summed E-state index contributed by atoms with van der Waals surface area (Å²) in [5, 5.41) is 5.97. The van der Waals surface area contributed by atoms with E-state index in [1.807, 2.05) is 0 Å². The lowest BCUT2D eigenvalue weighted by molar-refractivity contribution is -0.120. The van der Waals surface area contributed by atoms with E-state index < -0.39 is 0 Å². The second kappa shape index (κ2) is 4.61. The van der Waals surface area contributed by atoms with Gasteiger partial charge >= 0.3 is 0 Å². The van der Waals surface area contributed by atoms with Crippen LogP contribution >= 0.6 is 0 Å². The summed E-state index contributed by atoms with van der Waals surface area (Å²) in [5.41, 5.74) is 0.644. The average Bonchev–Trinajstić information content (AvgIpc) is 2.68. The summed E-state index contributed by atoms with van der Waals surface area (Å²) in [6.45, 7) is 3.64. The van der Waals surface area contributed by atoms with Gasteiger partial charge in [0.05, 0.1) is 5.92 Å². The Morgan fingerprint density at radius 3 is 2.62 bits per heavy atom. The van der Waals surface area contributed by atoms with Gasteiger partial charge in [0.25, 0.3) is 0 Å². The van der Waals surface area contributed by atoms with Crippen molar-refractivity contribution in [2.45, 2.75) is 6.92 Å². The van der Waals surface area contributed by atoms with Crippen LogP contribution in [0.1, 0.15) is 6.92 Å². The number of anilines is 1. The SMILES string of the molecule is CC1CNCC1C(=O)Nc1ccc(F)cc1. The van der Waals surface area contributed by atoms with E-state index in [4.69, 9.17) is 0 Å². The number of rotatable bonds is 2. The number of halogens is 1. The fourth-order valence-corrected chi connectivity index (χ4v) is 1.93. The molecule has 1 aromatic rings. The molecule has 2 atom stereocenters. The highest BCUT2D eigenvalue weighted by atomic mass is 19.1. The highest BCUT2D eigenvalue weighted by Crippen LogP contribution is 2.18. The van der Waals surface area contributed by atoms with E-state index in [1.165, 1.54) is 12.1 Å². The smallest absolute Gasteiger partial charge is 0.229 e. The Hall–Kier alpha value is -1.42. The lowest BCUT2D eigenvalue weighted by Gasteiger charge is -2.14. The Morgan fingerprint density at radius 2 is 2.06 bits per heavy atom. The zero-order valence-corrected chi connectivity index (χ0v) is 9.16. The average molecular weight is 222 g/mol. The van der Waals surface area contributed by atoms with E-state index in [0.29, 0.717) is 18.2 Å². The van der Waals surface area contributed by atoms with Crippen LogP contribution in [-0.2, 0) is 4.79 Å². The monoisotopic (exact) mass is 222 g/mol. The zero-order valence-electron chi connectivity index (χ0n) is 9.16. The summed E-state index contributed by atoms with van der Waals surface area (Å²) in [6, 6.07) is 5.82. The number of amides is 1. The number of hydrogen-bond donors (Lipinski definition) is 2. The Kier molecular flexibility index (Phi) is 3.19. The molecule has 4 heteroatoms. The highest BCUT2D eigenvalue weighted by molar-refractivity contribution is 5.93. The molecule has 1 aliphatic rings. The van der Waals surface area contributed by atoms with Crippen molar-refractivity contribution in [2.75, 3.05) is 18.4 Å². The minimum atomic E-state index is -0.297. The van der Waals surface area contributed by atoms with Crippen molar-refractivity contribution >= 4 is 11.6 Å². The maximum atomic E-state index is 12.7. The molecule has 1 aromatic carbocycles. The molecule has 2 N–H and O–H groups in total. The van der Waals surface area contributed by atoms with Crippen molar-refractivity contribution in [3.05, 3.63) is 30.1 Å². The molecule has 0 aromatic heterocycles. The van der Waals surface area contributed by atoms with E-state index in [9.17, 15) is 9.18 Å². The Labute approximate surface area is 94.0 Å². The van der Waals surface area contributed by atoms with Crippen LogP contribution in [0.2, 0.25) is 0 Å². The minimum absolute atomic E-state index is 0.00380. The van der Waals surface area contributed by atoms with Crippen LogP contribution < -0.4 is 10.6 Å². The normalized spacial score (nSPS) is 24.4. The summed E-state index contributed by atoms with van der Waals surface area (Å²) in [5.74, 6) is 0.0588. The molecule has 1 fully saturated rings. The Bertz CT molecular complexity index is 377. The predicted molar refractivity (Wildman–Crippen MR) is 60.6 cm³/mol. The number of nitrogens with one attached hydrogen (secondary N) is 2. The second-order valence-corrected chi connectivity index (χ2v) is 4.24. The van der Waals surface area contributed by atoms with Crippen LogP contribution in [0.5, 0.6) is 0 Å². The maximum absolute atomic E-state index is 12.7.